The van der Waals surface area contributed by atoms with Gasteiger partial charge in [0.1, 0.15) is 12.2 Å². The normalized spacial score (nSPS) is 13.8. The summed E-state index contributed by atoms with van der Waals surface area (Å²) in [4.78, 5) is 39.9. The number of amides is 3. The first-order valence-corrected chi connectivity index (χ1v) is 9.57. The molecular formula is C21H25N3O5. The van der Waals surface area contributed by atoms with Crippen LogP contribution in [0.5, 0.6) is 5.75 Å². The van der Waals surface area contributed by atoms with Crippen molar-refractivity contribution in [1.82, 2.24) is 15.1 Å². The van der Waals surface area contributed by atoms with Gasteiger partial charge in [-0.05, 0) is 36.2 Å². The van der Waals surface area contributed by atoms with Crippen LogP contribution >= 0.6 is 0 Å². The summed E-state index contributed by atoms with van der Waals surface area (Å²) in [6.07, 6.45) is 1.95. The third-order valence-electron chi connectivity index (χ3n) is 4.86. The van der Waals surface area contributed by atoms with Gasteiger partial charge in [0, 0.05) is 32.7 Å². The number of piperazine rings is 1. The van der Waals surface area contributed by atoms with Crippen LogP contribution in [0, 0.1) is 0 Å². The molecule has 29 heavy (non-hydrogen) atoms. The Morgan fingerprint density at radius 3 is 2.34 bits per heavy atom. The van der Waals surface area contributed by atoms with Crippen molar-refractivity contribution in [3.8, 4) is 5.75 Å². The Labute approximate surface area is 169 Å². The van der Waals surface area contributed by atoms with Crippen LogP contribution in [0.4, 0.5) is 0 Å². The highest BCUT2D eigenvalue weighted by Gasteiger charge is 2.26. The Morgan fingerprint density at radius 2 is 1.72 bits per heavy atom. The van der Waals surface area contributed by atoms with Gasteiger partial charge in [-0.25, -0.2) is 0 Å². The van der Waals surface area contributed by atoms with Gasteiger partial charge in [-0.15, -0.1) is 0 Å². The van der Waals surface area contributed by atoms with E-state index < -0.39 is 0 Å². The van der Waals surface area contributed by atoms with Gasteiger partial charge in [-0.3, -0.25) is 14.4 Å². The molecule has 1 N–H and O–H groups in total. The molecule has 0 bridgehead atoms. The van der Waals surface area contributed by atoms with Crippen LogP contribution in [0.2, 0.25) is 0 Å². The minimum Gasteiger partial charge on any atom is -0.497 e. The molecule has 0 spiro atoms. The SMILES string of the molecule is COc1ccc(CCNC(=O)CC(=O)N2CCN(C(=O)c3ccco3)CC2)cc1. The van der Waals surface area contributed by atoms with Crippen molar-refractivity contribution in [3.63, 3.8) is 0 Å². The molecule has 1 fully saturated rings. The number of benzene rings is 1. The van der Waals surface area contributed by atoms with Crippen LogP contribution in [0.1, 0.15) is 22.5 Å². The summed E-state index contributed by atoms with van der Waals surface area (Å²) in [5.41, 5.74) is 1.08. The van der Waals surface area contributed by atoms with E-state index in [1.165, 1.54) is 6.26 Å². The molecule has 154 valence electrons. The monoisotopic (exact) mass is 399 g/mol. The van der Waals surface area contributed by atoms with Crippen LogP contribution in [-0.2, 0) is 16.0 Å². The standard InChI is InChI=1S/C21H25N3O5/c1-28-17-6-4-16(5-7-17)8-9-22-19(25)15-20(26)23-10-12-24(13-11-23)21(27)18-3-2-14-29-18/h2-7,14H,8-13,15H2,1H3,(H,22,25). The third kappa shape index (κ3) is 5.60. The lowest BCUT2D eigenvalue weighted by Gasteiger charge is -2.34. The van der Waals surface area contributed by atoms with Crippen LogP contribution in [-0.4, -0.2) is 67.4 Å². The molecule has 1 aromatic carbocycles. The molecule has 8 nitrogen and oxygen atoms in total. The number of carbonyl (C=O) groups excluding carboxylic acids is 3. The first kappa shape index (κ1) is 20.4. The molecule has 0 radical (unpaired) electrons. The Kier molecular flexibility index (Phi) is 6.89. The molecule has 1 saturated heterocycles. The number of carbonyl (C=O) groups is 3. The van der Waals surface area contributed by atoms with Crippen molar-refractivity contribution in [2.75, 3.05) is 39.8 Å². The predicted molar refractivity (Wildman–Crippen MR) is 106 cm³/mol. The third-order valence-corrected chi connectivity index (χ3v) is 4.86. The van der Waals surface area contributed by atoms with Crippen molar-refractivity contribution in [2.45, 2.75) is 12.8 Å². The van der Waals surface area contributed by atoms with Crippen molar-refractivity contribution >= 4 is 17.7 Å². The van der Waals surface area contributed by atoms with E-state index in [0.29, 0.717) is 44.9 Å². The first-order chi connectivity index (χ1) is 14.1. The fraction of sp³-hybridized carbons (Fsp3) is 0.381. The maximum atomic E-state index is 12.3. The number of nitrogens with zero attached hydrogens (tertiary/aromatic N) is 2. The lowest BCUT2D eigenvalue weighted by atomic mass is 10.1. The van der Waals surface area contributed by atoms with Gasteiger partial charge in [0.25, 0.3) is 5.91 Å². The average molecular weight is 399 g/mol. The zero-order valence-corrected chi connectivity index (χ0v) is 16.4. The molecule has 1 aliphatic heterocycles. The van der Waals surface area contributed by atoms with Crippen LogP contribution in [0.25, 0.3) is 0 Å². The van der Waals surface area contributed by atoms with Crippen molar-refractivity contribution < 1.29 is 23.5 Å². The lowest BCUT2D eigenvalue weighted by molar-refractivity contribution is -0.137. The number of methoxy groups -OCH3 is 1. The van der Waals surface area contributed by atoms with E-state index in [0.717, 1.165) is 11.3 Å². The molecule has 2 heterocycles. The second kappa shape index (κ2) is 9.77. The molecule has 1 aromatic heterocycles. The van der Waals surface area contributed by atoms with Gasteiger partial charge >= 0.3 is 0 Å². The summed E-state index contributed by atoms with van der Waals surface area (Å²) in [5.74, 6) is 0.378. The zero-order valence-electron chi connectivity index (χ0n) is 16.4. The first-order valence-electron chi connectivity index (χ1n) is 9.57. The molecule has 1 aliphatic rings. The fourth-order valence-electron chi connectivity index (χ4n) is 3.17. The molecule has 0 atom stereocenters. The van der Waals surface area contributed by atoms with E-state index in [9.17, 15) is 14.4 Å². The van der Waals surface area contributed by atoms with Gasteiger partial charge in [0.15, 0.2) is 5.76 Å². The minimum absolute atomic E-state index is 0.182. The highest BCUT2D eigenvalue weighted by atomic mass is 16.5. The summed E-state index contributed by atoms with van der Waals surface area (Å²) >= 11 is 0. The molecule has 0 saturated carbocycles. The number of ether oxygens (including phenoxy) is 1. The van der Waals surface area contributed by atoms with Crippen molar-refractivity contribution in [2.24, 2.45) is 0 Å². The lowest BCUT2D eigenvalue weighted by Crippen LogP contribution is -2.51. The van der Waals surface area contributed by atoms with Gasteiger partial charge in [0.05, 0.1) is 13.4 Å². The van der Waals surface area contributed by atoms with Crippen LogP contribution in [0.3, 0.4) is 0 Å². The Hall–Kier alpha value is -3.29. The summed E-state index contributed by atoms with van der Waals surface area (Å²) < 4.78 is 10.2. The topological polar surface area (TPSA) is 92.1 Å². The summed E-state index contributed by atoms with van der Waals surface area (Å²) in [6, 6.07) is 10.9. The van der Waals surface area contributed by atoms with Crippen molar-refractivity contribution in [1.29, 1.82) is 0 Å². The second-order valence-corrected chi connectivity index (χ2v) is 6.78. The van der Waals surface area contributed by atoms with E-state index >= 15 is 0 Å². The Bertz CT molecular complexity index is 825. The summed E-state index contributed by atoms with van der Waals surface area (Å²) in [5, 5.41) is 2.78. The van der Waals surface area contributed by atoms with E-state index in [4.69, 9.17) is 9.15 Å². The molecule has 0 unspecified atom stereocenters. The van der Waals surface area contributed by atoms with Crippen LogP contribution < -0.4 is 10.1 Å². The van der Waals surface area contributed by atoms with E-state index in [2.05, 4.69) is 5.32 Å². The van der Waals surface area contributed by atoms with E-state index in [1.807, 2.05) is 24.3 Å². The second-order valence-electron chi connectivity index (χ2n) is 6.78. The maximum Gasteiger partial charge on any atom is 0.289 e. The van der Waals surface area contributed by atoms with Gasteiger partial charge < -0.3 is 24.3 Å². The van der Waals surface area contributed by atoms with Crippen molar-refractivity contribution in [3.05, 3.63) is 54.0 Å². The summed E-state index contributed by atoms with van der Waals surface area (Å²) in [7, 11) is 1.61. The van der Waals surface area contributed by atoms with E-state index in [1.54, 1.807) is 29.0 Å². The molecule has 0 aliphatic carbocycles. The van der Waals surface area contributed by atoms with Gasteiger partial charge in [0.2, 0.25) is 11.8 Å². The fourth-order valence-corrected chi connectivity index (χ4v) is 3.17. The van der Waals surface area contributed by atoms with Gasteiger partial charge in [-0.2, -0.15) is 0 Å². The minimum atomic E-state index is -0.294. The molecule has 8 heteroatoms. The largest absolute Gasteiger partial charge is 0.497 e. The smallest absolute Gasteiger partial charge is 0.289 e. The molecule has 2 aromatic rings. The van der Waals surface area contributed by atoms with Gasteiger partial charge in [-0.1, -0.05) is 12.1 Å². The molecule has 3 amide bonds. The highest BCUT2D eigenvalue weighted by molar-refractivity contribution is 5.97. The predicted octanol–water partition coefficient (Wildman–Crippen LogP) is 1.32. The molecular weight excluding hydrogens is 374 g/mol. The number of furan rings is 1. The zero-order chi connectivity index (χ0) is 20.6. The quantitative estimate of drug-likeness (QED) is 0.709. The van der Waals surface area contributed by atoms with Crippen LogP contribution in [0.15, 0.2) is 47.1 Å². The number of hydrogen-bond donors (Lipinski definition) is 1. The number of nitrogens with one attached hydrogen (secondary N) is 1. The highest BCUT2D eigenvalue weighted by Crippen LogP contribution is 2.12. The summed E-state index contributed by atoms with van der Waals surface area (Å²) in [6.45, 7) is 2.12. The Balaban J connectivity index is 1.36. The number of hydrogen-bond acceptors (Lipinski definition) is 5. The molecule has 3 rings (SSSR count). The average Bonchev–Trinajstić information content (AvgIpc) is 3.28. The maximum absolute atomic E-state index is 12.3. The van der Waals surface area contributed by atoms with E-state index in [-0.39, 0.29) is 24.1 Å². The Morgan fingerprint density at radius 1 is 1.03 bits per heavy atom. The number of rotatable bonds is 7.